The van der Waals surface area contributed by atoms with Crippen LogP contribution in [0.5, 0.6) is 0 Å². The first kappa shape index (κ1) is 19.8. The highest BCUT2D eigenvalue weighted by Gasteiger charge is 2.08. The van der Waals surface area contributed by atoms with E-state index in [2.05, 4.69) is 15.0 Å². The summed E-state index contributed by atoms with van der Waals surface area (Å²) in [5.74, 6) is 0.383. The van der Waals surface area contributed by atoms with Crippen molar-refractivity contribution >= 4 is 21.6 Å². The van der Waals surface area contributed by atoms with E-state index in [-0.39, 0.29) is 5.91 Å². The lowest BCUT2D eigenvalue weighted by atomic mass is 10.1. The van der Waals surface area contributed by atoms with Crippen molar-refractivity contribution in [3.05, 3.63) is 71.8 Å². The Hall–Kier alpha value is -2.97. The number of rotatable bonds is 7. The molecule has 0 spiro atoms. The van der Waals surface area contributed by atoms with Gasteiger partial charge in [-0.1, -0.05) is 24.3 Å². The van der Waals surface area contributed by atoms with Gasteiger partial charge in [0.15, 0.2) is 5.89 Å². The number of aryl methyl sites for hydroxylation is 1. The molecular weight excluding hydrogens is 378 g/mol. The molecule has 8 heteroatoms. The number of sulfonamides is 1. The van der Waals surface area contributed by atoms with Crippen LogP contribution in [0.1, 0.15) is 21.8 Å². The number of aromatic nitrogens is 1. The Morgan fingerprint density at radius 2 is 1.75 bits per heavy atom. The number of carbonyl (C=O) groups is 1. The Kier molecular flexibility index (Phi) is 5.91. The number of nitrogens with one attached hydrogen (secondary N) is 2. The molecule has 0 unspecified atom stereocenters. The van der Waals surface area contributed by atoms with Gasteiger partial charge in [0.1, 0.15) is 12.0 Å². The number of hydrogen-bond acceptors (Lipinski definition) is 5. The minimum Gasteiger partial charge on any atom is -0.449 e. The number of anilines is 1. The largest absolute Gasteiger partial charge is 0.449 e. The van der Waals surface area contributed by atoms with Crippen LogP contribution in [0.3, 0.4) is 0 Å². The summed E-state index contributed by atoms with van der Waals surface area (Å²) in [6.45, 7) is 2.10. The molecule has 146 valence electrons. The molecule has 2 aromatic carbocycles. The minimum absolute atomic E-state index is 0.217. The summed E-state index contributed by atoms with van der Waals surface area (Å²) < 4.78 is 29.8. The zero-order valence-corrected chi connectivity index (χ0v) is 16.4. The van der Waals surface area contributed by atoms with Gasteiger partial charge in [-0.05, 0) is 36.2 Å². The van der Waals surface area contributed by atoms with Crippen LogP contribution in [-0.2, 0) is 16.4 Å². The van der Waals surface area contributed by atoms with Crippen LogP contribution in [0.2, 0.25) is 0 Å². The fourth-order valence-corrected chi connectivity index (χ4v) is 3.10. The molecule has 0 fully saturated rings. The van der Waals surface area contributed by atoms with Gasteiger partial charge in [0.2, 0.25) is 10.0 Å². The topological polar surface area (TPSA) is 101 Å². The number of hydrogen-bond donors (Lipinski definition) is 2. The zero-order chi connectivity index (χ0) is 20.1. The summed E-state index contributed by atoms with van der Waals surface area (Å²) >= 11 is 0. The Balaban J connectivity index is 1.58. The molecule has 0 bridgehead atoms. The fourth-order valence-electron chi connectivity index (χ4n) is 2.63. The molecule has 0 saturated heterocycles. The number of oxazole rings is 1. The molecule has 0 aliphatic carbocycles. The predicted octanol–water partition coefficient (Wildman–Crippen LogP) is 2.99. The zero-order valence-electron chi connectivity index (χ0n) is 15.6. The highest BCUT2D eigenvalue weighted by Crippen LogP contribution is 2.21. The predicted molar refractivity (Wildman–Crippen MR) is 108 cm³/mol. The lowest BCUT2D eigenvalue weighted by Gasteiger charge is -2.07. The van der Waals surface area contributed by atoms with Crippen molar-refractivity contribution in [2.24, 2.45) is 0 Å². The smallest absolute Gasteiger partial charge is 0.255 e. The molecule has 1 heterocycles. The van der Waals surface area contributed by atoms with Crippen LogP contribution >= 0.6 is 0 Å². The Labute approximate surface area is 163 Å². The number of amides is 1. The van der Waals surface area contributed by atoms with Crippen molar-refractivity contribution in [3.8, 4) is 11.3 Å². The van der Waals surface area contributed by atoms with E-state index in [1.54, 1.807) is 25.3 Å². The van der Waals surface area contributed by atoms with Gasteiger partial charge in [0.05, 0.1) is 6.26 Å². The number of benzene rings is 2. The summed E-state index contributed by atoms with van der Waals surface area (Å²) in [5.41, 5.74) is 3.80. The van der Waals surface area contributed by atoms with E-state index < -0.39 is 10.0 Å². The maximum atomic E-state index is 12.4. The van der Waals surface area contributed by atoms with E-state index in [1.807, 2.05) is 36.4 Å². The fraction of sp³-hybridized carbons (Fsp3) is 0.200. The molecular formula is C20H21N3O4S. The standard InChI is InChI=1S/C20H21N3O4S/c1-14-22-19(13-27-14)16-7-9-18(10-8-16)23-20(24)17-5-3-15(4-6-17)11-12-21-28(2,25)26/h3-10,13,21H,11-12H2,1-2H3,(H,23,24). The molecule has 28 heavy (non-hydrogen) atoms. The van der Waals surface area contributed by atoms with Gasteiger partial charge in [-0.3, -0.25) is 4.79 Å². The second kappa shape index (κ2) is 8.37. The van der Waals surface area contributed by atoms with E-state index in [4.69, 9.17) is 4.42 Å². The highest BCUT2D eigenvalue weighted by atomic mass is 32.2. The maximum Gasteiger partial charge on any atom is 0.255 e. The number of nitrogens with zero attached hydrogens (tertiary/aromatic N) is 1. The van der Waals surface area contributed by atoms with E-state index in [0.717, 1.165) is 23.1 Å². The molecule has 1 amide bonds. The summed E-state index contributed by atoms with van der Waals surface area (Å²) in [5, 5.41) is 2.85. The summed E-state index contributed by atoms with van der Waals surface area (Å²) in [4.78, 5) is 16.7. The van der Waals surface area contributed by atoms with Crippen LogP contribution in [0.4, 0.5) is 5.69 Å². The first-order valence-corrected chi connectivity index (χ1v) is 10.6. The third kappa shape index (κ3) is 5.51. The van der Waals surface area contributed by atoms with Crippen LogP contribution in [0.25, 0.3) is 11.3 Å². The second-order valence-corrected chi connectivity index (χ2v) is 8.23. The van der Waals surface area contributed by atoms with Crippen LogP contribution in [0.15, 0.2) is 59.2 Å². The normalized spacial score (nSPS) is 11.4. The van der Waals surface area contributed by atoms with Gasteiger partial charge in [-0.2, -0.15) is 0 Å². The van der Waals surface area contributed by atoms with E-state index in [9.17, 15) is 13.2 Å². The van der Waals surface area contributed by atoms with Crippen molar-refractivity contribution in [3.63, 3.8) is 0 Å². The average molecular weight is 399 g/mol. The van der Waals surface area contributed by atoms with Crippen LogP contribution < -0.4 is 10.0 Å². The minimum atomic E-state index is -3.19. The van der Waals surface area contributed by atoms with E-state index in [0.29, 0.717) is 30.1 Å². The molecule has 0 atom stereocenters. The molecule has 0 aliphatic rings. The van der Waals surface area contributed by atoms with Gasteiger partial charge in [0, 0.05) is 30.3 Å². The first-order valence-electron chi connectivity index (χ1n) is 8.68. The molecule has 0 radical (unpaired) electrons. The Morgan fingerprint density at radius 1 is 1.07 bits per heavy atom. The molecule has 3 rings (SSSR count). The van der Waals surface area contributed by atoms with Crippen molar-refractivity contribution in [2.45, 2.75) is 13.3 Å². The van der Waals surface area contributed by atoms with Gasteiger partial charge in [-0.25, -0.2) is 18.1 Å². The van der Waals surface area contributed by atoms with Crippen molar-refractivity contribution in [2.75, 3.05) is 18.1 Å². The third-order valence-corrected chi connectivity index (χ3v) is 4.78. The summed E-state index contributed by atoms with van der Waals surface area (Å²) in [6.07, 6.45) is 3.27. The van der Waals surface area contributed by atoms with Crippen LogP contribution in [0, 0.1) is 6.92 Å². The molecule has 7 nitrogen and oxygen atoms in total. The average Bonchev–Trinajstić information content (AvgIpc) is 3.08. The molecule has 0 saturated carbocycles. The van der Waals surface area contributed by atoms with Crippen molar-refractivity contribution < 1.29 is 17.6 Å². The molecule has 2 N–H and O–H groups in total. The number of carbonyl (C=O) groups excluding carboxylic acids is 1. The highest BCUT2D eigenvalue weighted by molar-refractivity contribution is 7.88. The Bertz CT molecular complexity index is 1060. The maximum absolute atomic E-state index is 12.4. The van der Waals surface area contributed by atoms with Gasteiger partial charge in [0.25, 0.3) is 5.91 Å². The van der Waals surface area contributed by atoms with Crippen molar-refractivity contribution in [1.82, 2.24) is 9.71 Å². The van der Waals surface area contributed by atoms with Gasteiger partial charge in [-0.15, -0.1) is 0 Å². The first-order chi connectivity index (χ1) is 13.3. The summed E-state index contributed by atoms with van der Waals surface area (Å²) in [6, 6.07) is 14.4. The van der Waals surface area contributed by atoms with Gasteiger partial charge >= 0.3 is 0 Å². The SMILES string of the molecule is Cc1nc(-c2ccc(NC(=O)c3ccc(CCNS(C)(=O)=O)cc3)cc2)co1. The lowest BCUT2D eigenvalue weighted by molar-refractivity contribution is 0.102. The van der Waals surface area contributed by atoms with Crippen LogP contribution in [-0.4, -0.2) is 32.1 Å². The molecule has 0 aliphatic heterocycles. The second-order valence-electron chi connectivity index (χ2n) is 6.40. The van der Waals surface area contributed by atoms with Crippen molar-refractivity contribution in [1.29, 1.82) is 0 Å². The van der Waals surface area contributed by atoms with E-state index >= 15 is 0 Å². The van der Waals surface area contributed by atoms with Gasteiger partial charge < -0.3 is 9.73 Å². The monoisotopic (exact) mass is 399 g/mol. The molecule has 1 aromatic heterocycles. The Morgan fingerprint density at radius 3 is 2.32 bits per heavy atom. The quantitative estimate of drug-likeness (QED) is 0.636. The lowest BCUT2D eigenvalue weighted by Crippen LogP contribution is -2.24. The molecule has 3 aromatic rings. The summed E-state index contributed by atoms with van der Waals surface area (Å²) in [7, 11) is -3.19. The third-order valence-electron chi connectivity index (χ3n) is 4.05. The van der Waals surface area contributed by atoms with E-state index in [1.165, 1.54) is 0 Å².